The topological polar surface area (TPSA) is 75.1 Å². The van der Waals surface area contributed by atoms with Crippen molar-refractivity contribution in [3.8, 4) is 0 Å². The highest BCUT2D eigenvalue weighted by molar-refractivity contribution is 5.52. The van der Waals surface area contributed by atoms with E-state index in [2.05, 4.69) is 0 Å². The summed E-state index contributed by atoms with van der Waals surface area (Å²) in [6.07, 6.45) is 4.12. The van der Waals surface area contributed by atoms with Gasteiger partial charge in [0.1, 0.15) is 12.6 Å². The molecule has 1 N–H and O–H groups in total. The molecule has 0 aliphatic heterocycles. The van der Waals surface area contributed by atoms with Crippen molar-refractivity contribution in [2.24, 2.45) is 0 Å². The average Bonchev–Trinajstić information content (AvgIpc) is 1.91. The average molecular weight is 143 g/mol. The SMILES string of the molecule is N=C=O.O=CCCCC=O. The highest BCUT2D eigenvalue weighted by atomic mass is 16.1. The Balaban J connectivity index is 0. The molecule has 0 radical (unpaired) electrons. The first-order chi connectivity index (χ1) is 4.83. The van der Waals surface area contributed by atoms with Gasteiger partial charge >= 0.3 is 0 Å². The Hall–Kier alpha value is -1.28. The Labute approximate surface area is 58.7 Å². The zero-order valence-corrected chi connectivity index (χ0v) is 5.50. The van der Waals surface area contributed by atoms with E-state index in [1.54, 1.807) is 0 Å². The van der Waals surface area contributed by atoms with Crippen molar-refractivity contribution in [1.29, 1.82) is 5.41 Å². The molecule has 0 atom stereocenters. The van der Waals surface area contributed by atoms with E-state index in [0.29, 0.717) is 19.3 Å². The van der Waals surface area contributed by atoms with Crippen molar-refractivity contribution < 1.29 is 14.4 Å². The van der Waals surface area contributed by atoms with Gasteiger partial charge in [0.15, 0.2) is 0 Å². The molecule has 0 rings (SSSR count). The molecule has 0 aliphatic rings. The second kappa shape index (κ2) is 15.6. The number of hydrogen-bond acceptors (Lipinski definition) is 4. The molecule has 0 saturated carbocycles. The number of isocyanates is 1. The summed E-state index contributed by atoms with van der Waals surface area (Å²) >= 11 is 0. The molecular weight excluding hydrogens is 134 g/mol. The highest BCUT2D eigenvalue weighted by Crippen LogP contribution is 1.85. The van der Waals surface area contributed by atoms with Crippen LogP contribution in [0, 0.1) is 5.41 Å². The molecule has 0 spiro atoms. The summed E-state index contributed by atoms with van der Waals surface area (Å²) in [4.78, 5) is 27.5. The third kappa shape index (κ3) is 29.7. The van der Waals surface area contributed by atoms with E-state index in [4.69, 9.17) is 10.2 Å². The molecule has 0 aromatic heterocycles. The molecule has 0 saturated heterocycles. The van der Waals surface area contributed by atoms with Gasteiger partial charge in [0.2, 0.25) is 6.08 Å². The Morgan fingerprint density at radius 3 is 1.70 bits per heavy atom. The van der Waals surface area contributed by atoms with E-state index >= 15 is 0 Å². The predicted octanol–water partition coefficient (Wildman–Crippen LogP) is 0.455. The summed E-state index contributed by atoms with van der Waals surface area (Å²) in [5.41, 5.74) is 0. The van der Waals surface area contributed by atoms with Gasteiger partial charge in [0.05, 0.1) is 0 Å². The van der Waals surface area contributed by atoms with E-state index in [9.17, 15) is 9.59 Å². The summed E-state index contributed by atoms with van der Waals surface area (Å²) in [6, 6.07) is 0. The van der Waals surface area contributed by atoms with Gasteiger partial charge in [0, 0.05) is 12.8 Å². The number of rotatable bonds is 4. The number of carbonyl (C=O) groups excluding carboxylic acids is 3. The smallest absolute Gasteiger partial charge is 0.231 e. The van der Waals surface area contributed by atoms with Crippen molar-refractivity contribution in [2.75, 3.05) is 0 Å². The van der Waals surface area contributed by atoms with Crippen LogP contribution in [0.2, 0.25) is 0 Å². The summed E-state index contributed by atoms with van der Waals surface area (Å²) < 4.78 is 0. The number of hydrogen-bond donors (Lipinski definition) is 1. The first-order valence-electron chi connectivity index (χ1n) is 2.74. The van der Waals surface area contributed by atoms with Crippen LogP contribution >= 0.6 is 0 Å². The van der Waals surface area contributed by atoms with Gasteiger partial charge in [0.25, 0.3) is 0 Å². The molecule has 56 valence electrons. The lowest BCUT2D eigenvalue weighted by atomic mass is 10.3. The summed E-state index contributed by atoms with van der Waals surface area (Å²) in [6.45, 7) is 0. The van der Waals surface area contributed by atoms with Crippen LogP contribution < -0.4 is 0 Å². The maximum Gasteiger partial charge on any atom is 0.231 e. The fourth-order valence-corrected chi connectivity index (χ4v) is 0.285. The van der Waals surface area contributed by atoms with Crippen molar-refractivity contribution in [1.82, 2.24) is 0 Å². The van der Waals surface area contributed by atoms with Crippen LogP contribution in [0.3, 0.4) is 0 Å². The zero-order chi connectivity index (χ0) is 8.24. The van der Waals surface area contributed by atoms with Crippen LogP contribution in [0.4, 0.5) is 0 Å². The van der Waals surface area contributed by atoms with Gasteiger partial charge in [-0.2, -0.15) is 0 Å². The lowest BCUT2D eigenvalue weighted by Gasteiger charge is -1.78. The van der Waals surface area contributed by atoms with Crippen molar-refractivity contribution in [2.45, 2.75) is 19.3 Å². The molecule has 0 aliphatic carbocycles. The molecule has 4 nitrogen and oxygen atoms in total. The molecular formula is C6H9NO3. The number of carbonyl (C=O) groups is 2. The largest absolute Gasteiger partial charge is 0.303 e. The molecule has 0 unspecified atom stereocenters. The molecule has 4 heteroatoms. The Kier molecular flexibility index (Phi) is 18.0. The minimum Gasteiger partial charge on any atom is -0.303 e. The second-order valence-electron chi connectivity index (χ2n) is 1.37. The van der Waals surface area contributed by atoms with E-state index in [1.807, 2.05) is 0 Å². The van der Waals surface area contributed by atoms with E-state index in [-0.39, 0.29) is 0 Å². The third-order valence-corrected chi connectivity index (χ3v) is 0.644. The fourth-order valence-electron chi connectivity index (χ4n) is 0.285. The van der Waals surface area contributed by atoms with Crippen LogP contribution in [-0.4, -0.2) is 18.7 Å². The fraction of sp³-hybridized carbons (Fsp3) is 0.500. The van der Waals surface area contributed by atoms with Crippen molar-refractivity contribution in [3.63, 3.8) is 0 Å². The molecule has 0 aromatic carbocycles. The lowest BCUT2D eigenvalue weighted by Crippen LogP contribution is -1.76. The van der Waals surface area contributed by atoms with Gasteiger partial charge in [-0.3, -0.25) is 0 Å². The maximum atomic E-state index is 9.56. The van der Waals surface area contributed by atoms with E-state index in [0.717, 1.165) is 18.7 Å². The first kappa shape index (κ1) is 11.5. The maximum absolute atomic E-state index is 9.56. The molecule has 0 fully saturated rings. The highest BCUT2D eigenvalue weighted by Gasteiger charge is 1.80. The normalized spacial score (nSPS) is 6.40. The van der Waals surface area contributed by atoms with Crippen LogP contribution in [0.5, 0.6) is 0 Å². The molecule has 0 bridgehead atoms. The Morgan fingerprint density at radius 2 is 1.50 bits per heavy atom. The summed E-state index contributed by atoms with van der Waals surface area (Å²) in [5.74, 6) is 0. The van der Waals surface area contributed by atoms with Gasteiger partial charge in [-0.05, 0) is 6.42 Å². The van der Waals surface area contributed by atoms with Crippen molar-refractivity contribution >= 4 is 18.7 Å². The van der Waals surface area contributed by atoms with Gasteiger partial charge in [-0.15, -0.1) is 0 Å². The first-order valence-corrected chi connectivity index (χ1v) is 2.74. The van der Waals surface area contributed by atoms with Crippen LogP contribution in [0.15, 0.2) is 0 Å². The van der Waals surface area contributed by atoms with Gasteiger partial charge in [-0.1, -0.05) is 0 Å². The number of unbranched alkanes of at least 4 members (excludes halogenated alkanes) is 2. The standard InChI is InChI=1S/C5H8O2.CHNO/c6-4-2-1-3-5-7;2-1-3/h4-5H,1-3H2;2H. The second-order valence-corrected chi connectivity index (χ2v) is 1.37. The molecule has 0 amide bonds. The Bertz CT molecular complexity index is 108. The van der Waals surface area contributed by atoms with Crippen LogP contribution in [-0.2, 0) is 14.4 Å². The third-order valence-electron chi connectivity index (χ3n) is 0.644. The summed E-state index contributed by atoms with van der Waals surface area (Å²) in [7, 11) is 0. The molecule has 0 aromatic rings. The minimum atomic E-state index is 0.513. The van der Waals surface area contributed by atoms with Crippen LogP contribution in [0.25, 0.3) is 0 Å². The Morgan fingerprint density at radius 1 is 1.20 bits per heavy atom. The van der Waals surface area contributed by atoms with E-state index in [1.165, 1.54) is 0 Å². The quantitative estimate of drug-likeness (QED) is 0.269. The van der Waals surface area contributed by atoms with Crippen LogP contribution in [0.1, 0.15) is 19.3 Å². The monoisotopic (exact) mass is 143 g/mol. The number of aldehydes is 2. The van der Waals surface area contributed by atoms with Gasteiger partial charge < -0.3 is 9.59 Å². The minimum absolute atomic E-state index is 0.513. The molecule has 0 heterocycles. The zero-order valence-electron chi connectivity index (χ0n) is 5.50. The van der Waals surface area contributed by atoms with Crippen molar-refractivity contribution in [3.05, 3.63) is 0 Å². The van der Waals surface area contributed by atoms with Gasteiger partial charge in [-0.25, -0.2) is 10.2 Å². The number of nitrogens with one attached hydrogen (secondary N) is 1. The predicted molar refractivity (Wildman–Crippen MR) is 34.4 cm³/mol. The molecule has 10 heavy (non-hydrogen) atoms. The van der Waals surface area contributed by atoms with E-state index < -0.39 is 0 Å². The lowest BCUT2D eigenvalue weighted by molar-refractivity contribution is -0.108. The summed E-state index contributed by atoms with van der Waals surface area (Å²) in [5, 5.41) is 5.40.